The summed E-state index contributed by atoms with van der Waals surface area (Å²) in [6, 6.07) is 6.20. The smallest absolute Gasteiger partial charge is 0.333 e. The van der Waals surface area contributed by atoms with Crippen LogP contribution in [0.3, 0.4) is 0 Å². The summed E-state index contributed by atoms with van der Waals surface area (Å²) in [5, 5.41) is 0. The van der Waals surface area contributed by atoms with Gasteiger partial charge in [-0.2, -0.15) is 13.2 Å². The van der Waals surface area contributed by atoms with Crippen molar-refractivity contribution in [1.82, 2.24) is 4.90 Å². The van der Waals surface area contributed by atoms with E-state index in [9.17, 15) is 22.8 Å². The van der Waals surface area contributed by atoms with Gasteiger partial charge in [0, 0.05) is 20.0 Å². The molecule has 0 atom stereocenters. The van der Waals surface area contributed by atoms with Gasteiger partial charge in [-0.3, -0.25) is 9.59 Å². The molecule has 0 bridgehead atoms. The fraction of sp³-hybridized carbons (Fsp3) is 0.467. The Bertz CT molecular complexity index is 582. The number of hydrogen-bond acceptors (Lipinski definition) is 2. The van der Waals surface area contributed by atoms with Crippen LogP contribution in [0.1, 0.15) is 23.2 Å². The van der Waals surface area contributed by atoms with Gasteiger partial charge in [-0.25, -0.2) is 0 Å². The van der Waals surface area contributed by atoms with Gasteiger partial charge in [-0.15, -0.1) is 0 Å². The Morgan fingerprint density at radius 2 is 1.77 bits per heavy atom. The van der Waals surface area contributed by atoms with Crippen molar-refractivity contribution in [2.75, 3.05) is 25.5 Å². The van der Waals surface area contributed by atoms with Crippen LogP contribution < -0.4 is 4.90 Å². The summed E-state index contributed by atoms with van der Waals surface area (Å²) in [4.78, 5) is 26.3. The molecule has 22 heavy (non-hydrogen) atoms. The van der Waals surface area contributed by atoms with Crippen molar-refractivity contribution in [2.45, 2.75) is 19.0 Å². The third-order valence-corrected chi connectivity index (χ3v) is 3.52. The van der Waals surface area contributed by atoms with E-state index in [-0.39, 0.29) is 17.4 Å². The number of rotatable bonds is 4. The lowest BCUT2D eigenvalue weighted by molar-refractivity contribution is -0.138. The second kappa shape index (κ2) is 5.98. The first kappa shape index (κ1) is 16.3. The molecule has 0 unspecified atom stereocenters. The van der Waals surface area contributed by atoms with Crippen LogP contribution in [0.4, 0.5) is 18.9 Å². The minimum Gasteiger partial charge on any atom is -0.333 e. The molecule has 7 heteroatoms. The number of halogens is 3. The number of benzene rings is 1. The van der Waals surface area contributed by atoms with Crippen LogP contribution in [0, 0.1) is 5.92 Å². The van der Waals surface area contributed by atoms with E-state index in [1.807, 2.05) is 0 Å². The van der Waals surface area contributed by atoms with Crippen LogP contribution in [0.2, 0.25) is 0 Å². The zero-order valence-electron chi connectivity index (χ0n) is 12.4. The number of amides is 2. The molecule has 120 valence electrons. The fourth-order valence-corrected chi connectivity index (χ4v) is 2.22. The molecule has 2 rings (SSSR count). The van der Waals surface area contributed by atoms with Gasteiger partial charge in [-0.1, -0.05) is 12.1 Å². The van der Waals surface area contributed by atoms with Gasteiger partial charge in [0.1, 0.15) is 6.54 Å². The molecule has 0 N–H and O–H groups in total. The molecule has 1 aliphatic carbocycles. The van der Waals surface area contributed by atoms with E-state index >= 15 is 0 Å². The monoisotopic (exact) mass is 314 g/mol. The first-order valence-electron chi connectivity index (χ1n) is 6.89. The van der Waals surface area contributed by atoms with Crippen molar-refractivity contribution in [2.24, 2.45) is 5.92 Å². The van der Waals surface area contributed by atoms with Gasteiger partial charge in [0.15, 0.2) is 0 Å². The van der Waals surface area contributed by atoms with E-state index in [1.54, 1.807) is 18.2 Å². The van der Waals surface area contributed by atoms with Crippen LogP contribution in [-0.2, 0) is 4.79 Å². The van der Waals surface area contributed by atoms with Crippen molar-refractivity contribution in [3.05, 3.63) is 29.8 Å². The van der Waals surface area contributed by atoms with Crippen LogP contribution in [0.25, 0.3) is 0 Å². The lowest BCUT2D eigenvalue weighted by atomic mass is 10.1. The molecule has 2 amide bonds. The molecular formula is C15H17F3N2O2. The van der Waals surface area contributed by atoms with Gasteiger partial charge in [0.2, 0.25) is 5.91 Å². The van der Waals surface area contributed by atoms with Crippen LogP contribution in [0.15, 0.2) is 24.3 Å². The maximum Gasteiger partial charge on any atom is 0.406 e. The van der Waals surface area contributed by atoms with E-state index in [2.05, 4.69) is 0 Å². The maximum absolute atomic E-state index is 12.4. The van der Waals surface area contributed by atoms with E-state index in [0.717, 1.165) is 19.9 Å². The maximum atomic E-state index is 12.4. The van der Waals surface area contributed by atoms with E-state index < -0.39 is 18.6 Å². The quantitative estimate of drug-likeness (QED) is 0.857. The summed E-state index contributed by atoms with van der Waals surface area (Å²) >= 11 is 0. The van der Waals surface area contributed by atoms with Crippen molar-refractivity contribution < 1.29 is 22.8 Å². The molecule has 0 spiro atoms. The second-order valence-corrected chi connectivity index (χ2v) is 5.47. The Kier molecular flexibility index (Phi) is 4.44. The second-order valence-electron chi connectivity index (χ2n) is 5.47. The average molecular weight is 314 g/mol. The average Bonchev–Trinajstić information content (AvgIpc) is 3.27. The Morgan fingerprint density at radius 1 is 1.18 bits per heavy atom. The third kappa shape index (κ3) is 3.78. The normalized spacial score (nSPS) is 14.6. The van der Waals surface area contributed by atoms with E-state index in [4.69, 9.17) is 0 Å². The summed E-state index contributed by atoms with van der Waals surface area (Å²) in [6.07, 6.45) is -2.84. The predicted octanol–water partition coefficient (Wildman–Crippen LogP) is 2.69. The van der Waals surface area contributed by atoms with E-state index in [0.29, 0.717) is 10.6 Å². The first-order valence-corrected chi connectivity index (χ1v) is 6.89. The molecule has 1 fully saturated rings. The summed E-state index contributed by atoms with van der Waals surface area (Å²) in [7, 11) is 2.63. The minimum absolute atomic E-state index is 0.0407. The van der Waals surface area contributed by atoms with Crippen molar-refractivity contribution in [1.29, 1.82) is 0 Å². The number of alkyl halides is 3. The highest BCUT2D eigenvalue weighted by atomic mass is 19.4. The van der Waals surface area contributed by atoms with E-state index in [1.165, 1.54) is 18.0 Å². The lowest BCUT2D eigenvalue weighted by Crippen LogP contribution is -2.37. The standard InChI is InChI=1S/C15H17F3N2O2/c1-19(9-15(16,17)18)14(22)11-5-3-4-6-12(11)20(2)13(21)10-7-8-10/h3-6,10H,7-9H2,1-2H3. The Balaban J connectivity index is 2.23. The Labute approximate surface area is 126 Å². The topological polar surface area (TPSA) is 40.6 Å². The summed E-state index contributed by atoms with van der Waals surface area (Å²) in [6.45, 7) is -1.33. The number of carbonyl (C=O) groups is 2. The molecule has 4 nitrogen and oxygen atoms in total. The van der Waals surface area contributed by atoms with Gasteiger partial charge in [0.25, 0.3) is 5.91 Å². The molecule has 0 saturated heterocycles. The minimum atomic E-state index is -4.46. The fourth-order valence-electron chi connectivity index (χ4n) is 2.22. The highest BCUT2D eigenvalue weighted by Gasteiger charge is 2.35. The zero-order chi connectivity index (χ0) is 16.5. The number of anilines is 1. The molecule has 1 saturated carbocycles. The van der Waals surface area contributed by atoms with Gasteiger partial charge >= 0.3 is 6.18 Å². The van der Waals surface area contributed by atoms with Crippen molar-refractivity contribution in [3.8, 4) is 0 Å². The molecule has 1 aromatic rings. The molecule has 0 aliphatic heterocycles. The van der Waals surface area contributed by atoms with Crippen LogP contribution in [-0.4, -0.2) is 43.5 Å². The lowest BCUT2D eigenvalue weighted by Gasteiger charge is -2.24. The number of para-hydroxylation sites is 1. The molecule has 0 aromatic heterocycles. The SMILES string of the molecule is CN(CC(F)(F)F)C(=O)c1ccccc1N(C)C(=O)C1CC1. The number of nitrogens with zero attached hydrogens (tertiary/aromatic N) is 2. The number of carbonyl (C=O) groups excluding carboxylic acids is 2. The summed E-state index contributed by atoms with van der Waals surface area (Å²) in [5.41, 5.74) is 0.421. The highest BCUT2D eigenvalue weighted by molar-refractivity contribution is 6.05. The summed E-state index contributed by atoms with van der Waals surface area (Å²) < 4.78 is 37.3. The van der Waals surface area contributed by atoms with Crippen molar-refractivity contribution >= 4 is 17.5 Å². The molecular weight excluding hydrogens is 297 g/mol. The predicted molar refractivity (Wildman–Crippen MR) is 75.6 cm³/mol. The molecule has 1 aliphatic rings. The third-order valence-electron chi connectivity index (χ3n) is 3.52. The van der Waals surface area contributed by atoms with Gasteiger partial charge in [-0.05, 0) is 25.0 Å². The Morgan fingerprint density at radius 3 is 2.32 bits per heavy atom. The Hall–Kier alpha value is -2.05. The summed E-state index contributed by atoms with van der Waals surface area (Å²) in [5.74, 6) is -0.914. The van der Waals surface area contributed by atoms with Gasteiger partial charge in [0.05, 0.1) is 11.3 Å². The van der Waals surface area contributed by atoms with Crippen molar-refractivity contribution in [3.63, 3.8) is 0 Å². The van der Waals surface area contributed by atoms with Crippen LogP contribution >= 0.6 is 0 Å². The molecule has 0 radical (unpaired) electrons. The van der Waals surface area contributed by atoms with Crippen LogP contribution in [0.5, 0.6) is 0 Å². The number of hydrogen-bond donors (Lipinski definition) is 0. The first-order chi connectivity index (χ1) is 10.2. The largest absolute Gasteiger partial charge is 0.406 e. The molecule has 1 aromatic carbocycles. The molecule has 0 heterocycles. The highest BCUT2D eigenvalue weighted by Crippen LogP contribution is 2.33. The van der Waals surface area contributed by atoms with Gasteiger partial charge < -0.3 is 9.80 Å². The zero-order valence-corrected chi connectivity index (χ0v) is 12.4.